The summed E-state index contributed by atoms with van der Waals surface area (Å²) in [5, 5.41) is 18.0. The number of rotatable bonds is 7. The van der Waals surface area contributed by atoms with Gasteiger partial charge in [-0.1, -0.05) is 0 Å². The average Bonchev–Trinajstić information content (AvgIpc) is 3.28. The van der Waals surface area contributed by atoms with Crippen LogP contribution in [0, 0.1) is 0 Å². The molecule has 0 aliphatic carbocycles. The molecule has 0 atom stereocenters. The van der Waals surface area contributed by atoms with Crippen molar-refractivity contribution < 1.29 is 19.4 Å². The topological polar surface area (TPSA) is 118 Å². The number of hydrogen-bond donors (Lipinski definition) is 3. The Morgan fingerprint density at radius 1 is 0.969 bits per heavy atom. The zero-order valence-corrected chi connectivity index (χ0v) is 18.0. The number of thiazole rings is 1. The smallest absolute Gasteiger partial charge is 0.321 e. The number of carbonyl (C=O) groups excluding carboxylic acids is 1. The van der Waals surface area contributed by atoms with Crippen LogP contribution in [0.2, 0.25) is 0 Å². The summed E-state index contributed by atoms with van der Waals surface area (Å²) in [6.45, 7) is 0. The molecule has 0 fully saturated rings. The maximum absolute atomic E-state index is 12.6. The van der Waals surface area contributed by atoms with Gasteiger partial charge in [0.05, 0.1) is 19.9 Å². The molecule has 0 unspecified atom stereocenters. The number of carbonyl (C=O) groups is 1. The van der Waals surface area contributed by atoms with Crippen LogP contribution in [0.1, 0.15) is 10.4 Å². The van der Waals surface area contributed by atoms with Gasteiger partial charge in [-0.15, -0.1) is 11.3 Å². The Morgan fingerprint density at radius 3 is 2.41 bits per heavy atom. The lowest BCUT2D eigenvalue weighted by molar-refractivity contribution is 0.102. The summed E-state index contributed by atoms with van der Waals surface area (Å²) in [5.41, 5.74) is 2.97. The molecule has 3 N–H and O–H groups in total. The minimum atomic E-state index is -0.330. The largest absolute Gasteiger partial charge is 0.508 e. The summed E-state index contributed by atoms with van der Waals surface area (Å²) in [6, 6.07) is 15.4. The molecule has 0 radical (unpaired) electrons. The van der Waals surface area contributed by atoms with E-state index in [1.54, 1.807) is 36.4 Å². The van der Waals surface area contributed by atoms with E-state index in [0.29, 0.717) is 10.7 Å². The first kappa shape index (κ1) is 21.1. The number of phenols is 1. The van der Waals surface area contributed by atoms with E-state index in [1.165, 1.54) is 31.6 Å². The van der Waals surface area contributed by atoms with Crippen molar-refractivity contribution in [2.45, 2.75) is 0 Å². The third kappa shape index (κ3) is 4.93. The molecule has 1 amide bonds. The van der Waals surface area contributed by atoms with Crippen molar-refractivity contribution in [1.29, 1.82) is 0 Å². The fourth-order valence-corrected chi connectivity index (χ4v) is 3.52. The Bertz CT molecular complexity index is 1200. The molecule has 10 heteroatoms. The van der Waals surface area contributed by atoms with E-state index in [4.69, 9.17) is 9.47 Å². The number of amides is 1. The summed E-state index contributed by atoms with van der Waals surface area (Å²) >= 11 is 1.46. The summed E-state index contributed by atoms with van der Waals surface area (Å²) < 4.78 is 10.1. The van der Waals surface area contributed by atoms with Gasteiger partial charge < -0.3 is 25.2 Å². The van der Waals surface area contributed by atoms with E-state index in [0.717, 1.165) is 16.9 Å². The van der Waals surface area contributed by atoms with E-state index in [2.05, 4.69) is 25.6 Å². The van der Waals surface area contributed by atoms with Crippen LogP contribution < -0.4 is 20.1 Å². The fraction of sp³-hybridized carbons (Fsp3) is 0.0909. The van der Waals surface area contributed by atoms with Gasteiger partial charge in [0.1, 0.15) is 11.6 Å². The van der Waals surface area contributed by atoms with Crippen molar-refractivity contribution in [2.75, 3.05) is 24.9 Å². The number of methoxy groups -OCH3 is 2. The Balaban J connectivity index is 1.42. The number of ether oxygens (including phenoxy) is 2. The molecule has 0 saturated carbocycles. The highest BCUT2D eigenvalue weighted by Gasteiger charge is 2.11. The van der Waals surface area contributed by atoms with Gasteiger partial charge >= 0.3 is 6.01 Å². The summed E-state index contributed by atoms with van der Waals surface area (Å²) in [5.74, 6) is 0.430. The van der Waals surface area contributed by atoms with Gasteiger partial charge in [-0.25, -0.2) is 4.98 Å². The third-order valence-electron chi connectivity index (χ3n) is 4.38. The SMILES string of the molecule is COc1cc(NC(=O)c2ccc(Nc3nc(-c4ccc(O)cc4)cs3)cc2)nc(OC)n1. The van der Waals surface area contributed by atoms with Crippen LogP contribution in [0.4, 0.5) is 16.6 Å². The Kier molecular flexibility index (Phi) is 6.13. The number of nitrogens with one attached hydrogen (secondary N) is 2. The molecule has 2 aromatic carbocycles. The van der Waals surface area contributed by atoms with Crippen LogP contribution in [-0.4, -0.2) is 40.2 Å². The molecule has 0 bridgehead atoms. The number of aromatic nitrogens is 3. The molecule has 32 heavy (non-hydrogen) atoms. The molecule has 0 spiro atoms. The van der Waals surface area contributed by atoms with Crippen LogP contribution in [-0.2, 0) is 0 Å². The second-order valence-corrected chi connectivity index (χ2v) is 7.38. The lowest BCUT2D eigenvalue weighted by Crippen LogP contribution is -2.13. The van der Waals surface area contributed by atoms with Crippen LogP contribution in [0.5, 0.6) is 17.6 Å². The molecule has 9 nitrogen and oxygen atoms in total. The van der Waals surface area contributed by atoms with Crippen molar-refractivity contribution >= 4 is 33.9 Å². The van der Waals surface area contributed by atoms with Crippen molar-refractivity contribution in [1.82, 2.24) is 15.0 Å². The molecular weight excluding hydrogens is 430 g/mol. The van der Waals surface area contributed by atoms with Gasteiger partial charge in [-0.05, 0) is 48.5 Å². The minimum absolute atomic E-state index is 0.0920. The summed E-state index contributed by atoms with van der Waals surface area (Å²) in [4.78, 5) is 25.2. The third-order valence-corrected chi connectivity index (χ3v) is 5.14. The molecule has 4 aromatic rings. The van der Waals surface area contributed by atoms with Gasteiger partial charge in [0.15, 0.2) is 5.13 Å². The van der Waals surface area contributed by atoms with E-state index in [1.807, 2.05) is 17.5 Å². The fourth-order valence-electron chi connectivity index (χ4n) is 2.78. The summed E-state index contributed by atoms with van der Waals surface area (Å²) in [6.07, 6.45) is 0. The first-order valence-electron chi connectivity index (χ1n) is 9.44. The van der Waals surface area contributed by atoms with E-state index < -0.39 is 0 Å². The molecule has 4 rings (SSSR count). The van der Waals surface area contributed by atoms with E-state index in [-0.39, 0.29) is 29.4 Å². The molecule has 162 valence electrons. The van der Waals surface area contributed by atoms with Crippen LogP contribution in [0.25, 0.3) is 11.3 Å². The maximum Gasteiger partial charge on any atom is 0.321 e. The number of hydrogen-bond acceptors (Lipinski definition) is 9. The zero-order chi connectivity index (χ0) is 22.5. The Labute approximate surface area is 187 Å². The van der Waals surface area contributed by atoms with Crippen LogP contribution in [0.15, 0.2) is 60.0 Å². The average molecular weight is 449 g/mol. The van der Waals surface area contributed by atoms with Gasteiger partial charge in [0.25, 0.3) is 5.91 Å². The van der Waals surface area contributed by atoms with Crippen molar-refractivity contribution in [3.8, 4) is 28.9 Å². The normalized spacial score (nSPS) is 10.4. The second kappa shape index (κ2) is 9.31. The van der Waals surface area contributed by atoms with Gasteiger partial charge in [-0.2, -0.15) is 9.97 Å². The molecular formula is C22H19N5O4S. The predicted molar refractivity (Wildman–Crippen MR) is 122 cm³/mol. The highest BCUT2D eigenvalue weighted by Crippen LogP contribution is 2.28. The number of phenolic OH excluding ortho intramolecular Hbond substituents is 1. The quantitative estimate of drug-likeness (QED) is 0.382. The predicted octanol–water partition coefficient (Wildman–Crippen LogP) is 4.32. The zero-order valence-electron chi connectivity index (χ0n) is 17.2. The first-order chi connectivity index (χ1) is 15.5. The number of anilines is 3. The Morgan fingerprint density at radius 2 is 1.72 bits per heavy atom. The van der Waals surface area contributed by atoms with Crippen molar-refractivity contribution in [3.05, 3.63) is 65.5 Å². The van der Waals surface area contributed by atoms with E-state index >= 15 is 0 Å². The van der Waals surface area contributed by atoms with Crippen LogP contribution >= 0.6 is 11.3 Å². The van der Waals surface area contributed by atoms with Gasteiger partial charge in [0, 0.05) is 28.3 Å². The monoisotopic (exact) mass is 449 g/mol. The van der Waals surface area contributed by atoms with Crippen molar-refractivity contribution in [3.63, 3.8) is 0 Å². The molecule has 0 aliphatic heterocycles. The highest BCUT2D eigenvalue weighted by atomic mass is 32.1. The molecule has 2 aromatic heterocycles. The lowest BCUT2D eigenvalue weighted by Gasteiger charge is -2.08. The van der Waals surface area contributed by atoms with Gasteiger partial charge in [0.2, 0.25) is 5.88 Å². The number of nitrogens with zero attached hydrogens (tertiary/aromatic N) is 3. The minimum Gasteiger partial charge on any atom is -0.508 e. The van der Waals surface area contributed by atoms with Gasteiger partial charge in [-0.3, -0.25) is 4.79 Å². The van der Waals surface area contributed by atoms with Crippen LogP contribution in [0.3, 0.4) is 0 Å². The highest BCUT2D eigenvalue weighted by molar-refractivity contribution is 7.14. The Hall–Kier alpha value is -4.18. The number of aromatic hydroxyl groups is 1. The molecule has 0 saturated heterocycles. The number of benzene rings is 2. The van der Waals surface area contributed by atoms with E-state index in [9.17, 15) is 9.90 Å². The standard InChI is InChI=1S/C22H19N5O4S/c1-30-19-11-18(26-21(27-19)31-2)25-20(29)14-3-7-15(8-4-14)23-22-24-17(12-32-22)13-5-9-16(28)10-6-13/h3-12,28H,1-2H3,(H,23,24)(H,25,26,27,29). The lowest BCUT2D eigenvalue weighted by atomic mass is 10.2. The molecule has 0 aliphatic rings. The first-order valence-corrected chi connectivity index (χ1v) is 10.3. The second-order valence-electron chi connectivity index (χ2n) is 6.52. The van der Waals surface area contributed by atoms with Crippen molar-refractivity contribution in [2.24, 2.45) is 0 Å². The summed E-state index contributed by atoms with van der Waals surface area (Å²) in [7, 11) is 2.90. The maximum atomic E-state index is 12.6. The molecule has 2 heterocycles.